The van der Waals surface area contributed by atoms with Crippen molar-refractivity contribution < 1.29 is 4.74 Å². The van der Waals surface area contributed by atoms with E-state index in [4.69, 9.17) is 10.5 Å². The standard InChI is InChI=1S/C18H19NO/c19-17-8-6-15(7-9-17)18(11-20-12-18)16-5-4-13-2-1-3-14(13)10-16/h4-10H,1-3,11-12,19H2. The molecular weight excluding hydrogens is 246 g/mol. The van der Waals surface area contributed by atoms with Gasteiger partial charge in [-0.1, -0.05) is 30.3 Å². The highest BCUT2D eigenvalue weighted by Gasteiger charge is 2.42. The van der Waals surface area contributed by atoms with Crippen molar-refractivity contribution in [3.05, 3.63) is 64.7 Å². The molecule has 1 aliphatic carbocycles. The monoisotopic (exact) mass is 265 g/mol. The fourth-order valence-corrected chi connectivity index (χ4v) is 3.48. The van der Waals surface area contributed by atoms with Gasteiger partial charge in [0.05, 0.1) is 18.6 Å². The molecule has 20 heavy (non-hydrogen) atoms. The van der Waals surface area contributed by atoms with Crippen LogP contribution in [0.4, 0.5) is 5.69 Å². The van der Waals surface area contributed by atoms with Gasteiger partial charge >= 0.3 is 0 Å². The lowest BCUT2D eigenvalue weighted by Gasteiger charge is -2.42. The van der Waals surface area contributed by atoms with Crippen molar-refractivity contribution in [1.82, 2.24) is 0 Å². The van der Waals surface area contributed by atoms with Gasteiger partial charge in [-0.05, 0) is 53.6 Å². The summed E-state index contributed by atoms with van der Waals surface area (Å²) < 4.78 is 5.57. The Labute approximate surface area is 119 Å². The van der Waals surface area contributed by atoms with Crippen molar-refractivity contribution in [2.45, 2.75) is 24.7 Å². The number of nitrogens with two attached hydrogens (primary N) is 1. The van der Waals surface area contributed by atoms with Crippen LogP contribution in [0.15, 0.2) is 42.5 Å². The van der Waals surface area contributed by atoms with E-state index in [-0.39, 0.29) is 5.41 Å². The van der Waals surface area contributed by atoms with Gasteiger partial charge in [0.2, 0.25) is 0 Å². The van der Waals surface area contributed by atoms with Crippen LogP contribution in [-0.2, 0) is 23.0 Å². The maximum atomic E-state index is 5.81. The molecule has 0 radical (unpaired) electrons. The van der Waals surface area contributed by atoms with Crippen LogP contribution in [0.5, 0.6) is 0 Å². The third-order valence-electron chi connectivity index (χ3n) is 4.81. The Morgan fingerprint density at radius 2 is 1.55 bits per heavy atom. The molecule has 2 nitrogen and oxygen atoms in total. The topological polar surface area (TPSA) is 35.2 Å². The quantitative estimate of drug-likeness (QED) is 0.847. The van der Waals surface area contributed by atoms with Gasteiger partial charge in [0.25, 0.3) is 0 Å². The lowest BCUT2D eigenvalue weighted by molar-refractivity contribution is -0.0380. The van der Waals surface area contributed by atoms with Crippen molar-refractivity contribution in [3.8, 4) is 0 Å². The molecule has 0 unspecified atom stereocenters. The summed E-state index contributed by atoms with van der Waals surface area (Å²) in [4.78, 5) is 0. The average Bonchev–Trinajstić information content (AvgIpc) is 2.87. The third kappa shape index (κ3) is 1.68. The third-order valence-corrected chi connectivity index (χ3v) is 4.81. The Morgan fingerprint density at radius 3 is 2.25 bits per heavy atom. The zero-order chi connectivity index (χ0) is 13.6. The van der Waals surface area contributed by atoms with Gasteiger partial charge in [0, 0.05) is 5.69 Å². The minimum Gasteiger partial charge on any atom is -0.399 e. The number of ether oxygens (including phenoxy) is 1. The minimum absolute atomic E-state index is 0.0331. The van der Waals surface area contributed by atoms with Crippen LogP contribution in [0.2, 0.25) is 0 Å². The molecule has 2 aromatic carbocycles. The number of fused-ring (bicyclic) bond motifs is 1. The molecule has 1 fully saturated rings. The molecule has 0 spiro atoms. The second-order valence-corrected chi connectivity index (χ2v) is 6.03. The van der Waals surface area contributed by atoms with Gasteiger partial charge in [0.15, 0.2) is 0 Å². The molecule has 0 bridgehead atoms. The zero-order valence-corrected chi connectivity index (χ0v) is 11.6. The summed E-state index contributed by atoms with van der Waals surface area (Å²) in [7, 11) is 0. The molecule has 102 valence electrons. The van der Waals surface area contributed by atoms with Crippen LogP contribution in [0.1, 0.15) is 28.7 Å². The summed E-state index contributed by atoms with van der Waals surface area (Å²) in [5.74, 6) is 0. The maximum absolute atomic E-state index is 5.81. The predicted octanol–water partition coefficient (Wildman–Crippen LogP) is 3.07. The molecule has 0 aromatic heterocycles. The second kappa shape index (κ2) is 4.35. The Morgan fingerprint density at radius 1 is 0.850 bits per heavy atom. The minimum atomic E-state index is 0.0331. The van der Waals surface area contributed by atoms with Gasteiger partial charge in [-0.2, -0.15) is 0 Å². The predicted molar refractivity (Wildman–Crippen MR) is 80.9 cm³/mol. The van der Waals surface area contributed by atoms with Crippen LogP contribution in [0.3, 0.4) is 0 Å². The van der Waals surface area contributed by atoms with Crippen LogP contribution < -0.4 is 5.73 Å². The lowest BCUT2D eigenvalue weighted by atomic mass is 9.72. The maximum Gasteiger partial charge on any atom is 0.0669 e. The highest BCUT2D eigenvalue weighted by atomic mass is 16.5. The van der Waals surface area contributed by atoms with Gasteiger partial charge in [0.1, 0.15) is 0 Å². The number of hydrogen-bond acceptors (Lipinski definition) is 2. The molecule has 2 N–H and O–H groups in total. The van der Waals surface area contributed by atoms with Crippen LogP contribution >= 0.6 is 0 Å². The molecule has 2 aliphatic rings. The molecule has 1 heterocycles. The zero-order valence-electron chi connectivity index (χ0n) is 11.6. The highest BCUT2D eigenvalue weighted by Crippen LogP contribution is 2.40. The van der Waals surface area contributed by atoms with Crippen molar-refractivity contribution in [1.29, 1.82) is 0 Å². The summed E-state index contributed by atoms with van der Waals surface area (Å²) in [5.41, 5.74) is 12.4. The van der Waals surface area contributed by atoms with Gasteiger partial charge in [-0.3, -0.25) is 0 Å². The average molecular weight is 265 g/mol. The summed E-state index contributed by atoms with van der Waals surface area (Å²) in [6.45, 7) is 1.55. The smallest absolute Gasteiger partial charge is 0.0669 e. The van der Waals surface area contributed by atoms with E-state index in [1.54, 1.807) is 0 Å². The van der Waals surface area contributed by atoms with E-state index >= 15 is 0 Å². The highest BCUT2D eigenvalue weighted by molar-refractivity contribution is 5.49. The molecule has 4 rings (SSSR count). The van der Waals surface area contributed by atoms with E-state index in [9.17, 15) is 0 Å². The van der Waals surface area contributed by atoms with E-state index < -0.39 is 0 Å². The summed E-state index contributed by atoms with van der Waals surface area (Å²) >= 11 is 0. The lowest BCUT2D eigenvalue weighted by Crippen LogP contribution is -2.47. The normalized spacial score (nSPS) is 19.4. The van der Waals surface area contributed by atoms with E-state index in [2.05, 4.69) is 30.3 Å². The first-order valence-electron chi connectivity index (χ1n) is 7.34. The molecule has 2 heteroatoms. The summed E-state index contributed by atoms with van der Waals surface area (Å²) in [5, 5.41) is 0. The number of aryl methyl sites for hydroxylation is 2. The van der Waals surface area contributed by atoms with Gasteiger partial charge < -0.3 is 10.5 Å². The molecule has 0 amide bonds. The second-order valence-electron chi connectivity index (χ2n) is 6.03. The first-order chi connectivity index (χ1) is 9.78. The van der Waals surface area contributed by atoms with E-state index in [1.165, 1.54) is 41.5 Å². The van der Waals surface area contributed by atoms with E-state index in [0.717, 1.165) is 18.9 Å². The Kier molecular flexibility index (Phi) is 2.61. The molecule has 1 aliphatic heterocycles. The van der Waals surface area contributed by atoms with Crippen LogP contribution in [0.25, 0.3) is 0 Å². The Bertz CT molecular complexity index is 641. The number of rotatable bonds is 2. The Balaban J connectivity index is 1.79. The molecule has 0 saturated carbocycles. The van der Waals surface area contributed by atoms with Gasteiger partial charge in [-0.15, -0.1) is 0 Å². The van der Waals surface area contributed by atoms with Crippen molar-refractivity contribution in [3.63, 3.8) is 0 Å². The fraction of sp³-hybridized carbons (Fsp3) is 0.333. The number of anilines is 1. The summed E-state index contributed by atoms with van der Waals surface area (Å²) in [6, 6.07) is 15.3. The van der Waals surface area contributed by atoms with Crippen molar-refractivity contribution >= 4 is 5.69 Å². The first kappa shape index (κ1) is 12.0. The molecule has 0 atom stereocenters. The van der Waals surface area contributed by atoms with Crippen LogP contribution in [0, 0.1) is 0 Å². The number of nitrogen functional groups attached to an aromatic ring is 1. The van der Waals surface area contributed by atoms with Crippen molar-refractivity contribution in [2.75, 3.05) is 18.9 Å². The van der Waals surface area contributed by atoms with E-state index in [0.29, 0.717) is 0 Å². The SMILES string of the molecule is Nc1ccc(C2(c3ccc4c(c3)CCC4)COC2)cc1. The molecular formula is C18H19NO. The van der Waals surface area contributed by atoms with Crippen molar-refractivity contribution in [2.24, 2.45) is 0 Å². The molecule has 1 saturated heterocycles. The molecule has 2 aromatic rings. The van der Waals surface area contributed by atoms with Gasteiger partial charge in [-0.25, -0.2) is 0 Å². The fourth-order valence-electron chi connectivity index (χ4n) is 3.48. The van der Waals surface area contributed by atoms with E-state index in [1.807, 2.05) is 12.1 Å². The largest absolute Gasteiger partial charge is 0.399 e. The first-order valence-corrected chi connectivity index (χ1v) is 7.34. The van der Waals surface area contributed by atoms with Crippen LogP contribution in [-0.4, -0.2) is 13.2 Å². The number of benzene rings is 2. The number of hydrogen-bond donors (Lipinski definition) is 1. The Hall–Kier alpha value is -1.80. The summed E-state index contributed by atoms with van der Waals surface area (Å²) in [6.07, 6.45) is 3.76.